The van der Waals surface area contributed by atoms with Crippen LogP contribution in [-0.4, -0.2) is 23.2 Å². The Bertz CT molecular complexity index is 456. The molecule has 1 aliphatic rings. The molecule has 2 rings (SSSR count). The van der Waals surface area contributed by atoms with Crippen LogP contribution in [0.4, 0.5) is 0 Å². The normalized spacial score (nSPS) is 18.6. The number of carbonyl (C=O) groups is 1. The molecule has 1 aromatic rings. The van der Waals surface area contributed by atoms with Gasteiger partial charge in [0.05, 0.1) is 5.60 Å². The number of hydrogen-bond donors (Lipinski definition) is 2. The van der Waals surface area contributed by atoms with Crippen molar-refractivity contribution in [1.82, 2.24) is 5.32 Å². The van der Waals surface area contributed by atoms with Crippen molar-refractivity contribution in [2.75, 3.05) is 6.54 Å². The van der Waals surface area contributed by atoms with Gasteiger partial charge in [-0.1, -0.05) is 19.3 Å². The van der Waals surface area contributed by atoms with E-state index in [-0.39, 0.29) is 5.91 Å². The van der Waals surface area contributed by atoms with E-state index in [4.69, 9.17) is 4.42 Å². The second kappa shape index (κ2) is 6.06. The minimum absolute atomic E-state index is 0.201. The van der Waals surface area contributed by atoms with Gasteiger partial charge in [0.1, 0.15) is 11.5 Å². The number of aryl methyl sites for hydroxylation is 1. The van der Waals surface area contributed by atoms with E-state index in [0.29, 0.717) is 12.3 Å². The minimum Gasteiger partial charge on any atom is -0.462 e. The molecule has 0 atom stereocenters. The molecule has 1 aromatic heterocycles. The molecule has 4 heteroatoms. The van der Waals surface area contributed by atoms with Gasteiger partial charge in [-0.25, -0.2) is 0 Å². The van der Waals surface area contributed by atoms with E-state index in [0.717, 1.165) is 31.4 Å². The van der Waals surface area contributed by atoms with Gasteiger partial charge >= 0.3 is 0 Å². The molecule has 0 unspecified atom stereocenters. The van der Waals surface area contributed by atoms with Crippen LogP contribution in [0.3, 0.4) is 0 Å². The van der Waals surface area contributed by atoms with Crippen LogP contribution in [0, 0.1) is 6.92 Å². The zero-order valence-electron chi connectivity index (χ0n) is 11.3. The van der Waals surface area contributed by atoms with Crippen molar-refractivity contribution in [2.45, 2.75) is 44.6 Å². The van der Waals surface area contributed by atoms with Gasteiger partial charge in [0.25, 0.3) is 0 Å². The van der Waals surface area contributed by atoms with E-state index in [2.05, 4.69) is 5.32 Å². The first-order valence-electron chi connectivity index (χ1n) is 6.82. The summed E-state index contributed by atoms with van der Waals surface area (Å²) in [4.78, 5) is 11.7. The maximum Gasteiger partial charge on any atom is 0.244 e. The molecule has 1 aliphatic carbocycles. The number of furan rings is 1. The molecule has 1 fully saturated rings. The lowest BCUT2D eigenvalue weighted by Crippen LogP contribution is -2.43. The maximum atomic E-state index is 11.7. The van der Waals surface area contributed by atoms with Crippen LogP contribution in [0.5, 0.6) is 0 Å². The predicted molar refractivity (Wildman–Crippen MR) is 73.5 cm³/mol. The van der Waals surface area contributed by atoms with E-state index in [1.54, 1.807) is 6.08 Å². The highest BCUT2D eigenvalue weighted by atomic mass is 16.3. The third-order valence-corrected chi connectivity index (χ3v) is 3.54. The van der Waals surface area contributed by atoms with Crippen LogP contribution in [0.15, 0.2) is 22.6 Å². The fourth-order valence-corrected chi connectivity index (χ4v) is 2.40. The summed E-state index contributed by atoms with van der Waals surface area (Å²) < 4.78 is 5.33. The first-order chi connectivity index (χ1) is 9.07. The maximum absolute atomic E-state index is 11.7. The summed E-state index contributed by atoms with van der Waals surface area (Å²) in [6.07, 6.45) is 7.86. The minimum atomic E-state index is -0.719. The molecule has 19 heavy (non-hydrogen) atoms. The van der Waals surface area contributed by atoms with Gasteiger partial charge in [-0.3, -0.25) is 4.79 Å². The van der Waals surface area contributed by atoms with Crippen molar-refractivity contribution in [3.05, 3.63) is 29.7 Å². The van der Waals surface area contributed by atoms with Crippen molar-refractivity contribution in [1.29, 1.82) is 0 Å². The van der Waals surface area contributed by atoms with Crippen LogP contribution >= 0.6 is 0 Å². The summed E-state index contributed by atoms with van der Waals surface area (Å²) in [6.45, 7) is 2.18. The Kier molecular flexibility index (Phi) is 4.43. The van der Waals surface area contributed by atoms with Crippen molar-refractivity contribution < 1.29 is 14.3 Å². The Morgan fingerprint density at radius 1 is 1.42 bits per heavy atom. The standard InChI is InChI=1S/C15H21NO3/c1-12-5-6-13(19-12)7-8-14(17)16-11-15(18)9-3-2-4-10-15/h5-8,18H,2-4,9-11H2,1H3,(H,16,17). The third-order valence-electron chi connectivity index (χ3n) is 3.54. The Labute approximate surface area is 113 Å². The lowest BCUT2D eigenvalue weighted by Gasteiger charge is -2.31. The number of rotatable bonds is 4. The zero-order valence-corrected chi connectivity index (χ0v) is 11.3. The van der Waals surface area contributed by atoms with E-state index in [1.165, 1.54) is 12.5 Å². The van der Waals surface area contributed by atoms with Gasteiger partial charge in [0.2, 0.25) is 5.91 Å². The van der Waals surface area contributed by atoms with Crippen molar-refractivity contribution >= 4 is 12.0 Å². The summed E-state index contributed by atoms with van der Waals surface area (Å²) in [5.41, 5.74) is -0.719. The van der Waals surface area contributed by atoms with E-state index in [1.807, 2.05) is 19.1 Å². The van der Waals surface area contributed by atoms with E-state index < -0.39 is 5.60 Å². The molecular weight excluding hydrogens is 242 g/mol. The Hall–Kier alpha value is -1.55. The molecule has 0 aliphatic heterocycles. The Morgan fingerprint density at radius 2 is 2.16 bits per heavy atom. The highest BCUT2D eigenvalue weighted by Gasteiger charge is 2.29. The fourth-order valence-electron chi connectivity index (χ4n) is 2.40. The first-order valence-corrected chi connectivity index (χ1v) is 6.82. The van der Waals surface area contributed by atoms with Gasteiger partial charge in [0, 0.05) is 12.6 Å². The second-order valence-electron chi connectivity index (χ2n) is 5.28. The van der Waals surface area contributed by atoms with Crippen LogP contribution in [0.2, 0.25) is 0 Å². The molecule has 2 N–H and O–H groups in total. The number of carbonyl (C=O) groups excluding carboxylic acids is 1. The summed E-state index contributed by atoms with van der Waals surface area (Å²) in [5.74, 6) is 1.27. The van der Waals surface area contributed by atoms with E-state index >= 15 is 0 Å². The van der Waals surface area contributed by atoms with Crippen LogP contribution in [0.1, 0.15) is 43.6 Å². The Balaban J connectivity index is 1.79. The van der Waals surface area contributed by atoms with Crippen LogP contribution in [-0.2, 0) is 4.79 Å². The predicted octanol–water partition coefficient (Wildman–Crippen LogP) is 2.41. The number of hydrogen-bond acceptors (Lipinski definition) is 3. The first kappa shape index (κ1) is 13.9. The number of nitrogens with one attached hydrogen (secondary N) is 1. The van der Waals surface area contributed by atoms with Gasteiger partial charge in [0.15, 0.2) is 0 Å². The molecule has 0 saturated heterocycles. The average molecular weight is 263 g/mol. The van der Waals surface area contributed by atoms with Gasteiger partial charge in [-0.05, 0) is 38.0 Å². The third kappa shape index (κ3) is 4.24. The molecule has 0 spiro atoms. The fraction of sp³-hybridized carbons (Fsp3) is 0.533. The van der Waals surface area contributed by atoms with Crippen molar-refractivity contribution in [3.8, 4) is 0 Å². The van der Waals surface area contributed by atoms with Gasteiger partial charge < -0.3 is 14.8 Å². The lowest BCUT2D eigenvalue weighted by molar-refractivity contribution is -0.118. The van der Waals surface area contributed by atoms with Gasteiger partial charge in [-0.2, -0.15) is 0 Å². The summed E-state index contributed by atoms with van der Waals surface area (Å²) >= 11 is 0. The SMILES string of the molecule is Cc1ccc(C=CC(=O)NCC2(O)CCCCC2)o1. The molecule has 0 aromatic carbocycles. The molecule has 4 nitrogen and oxygen atoms in total. The molecular formula is C15H21NO3. The molecule has 1 heterocycles. The molecule has 0 radical (unpaired) electrons. The molecule has 0 bridgehead atoms. The molecule has 1 saturated carbocycles. The molecule has 1 amide bonds. The van der Waals surface area contributed by atoms with Crippen molar-refractivity contribution in [3.63, 3.8) is 0 Å². The van der Waals surface area contributed by atoms with E-state index in [9.17, 15) is 9.90 Å². The van der Waals surface area contributed by atoms with Crippen molar-refractivity contribution in [2.24, 2.45) is 0 Å². The number of aliphatic hydroxyl groups is 1. The largest absolute Gasteiger partial charge is 0.462 e. The molecule has 104 valence electrons. The summed E-state index contributed by atoms with van der Waals surface area (Å²) in [5, 5.41) is 13.0. The smallest absolute Gasteiger partial charge is 0.244 e. The highest BCUT2D eigenvalue weighted by molar-refractivity contribution is 5.91. The Morgan fingerprint density at radius 3 is 2.79 bits per heavy atom. The summed E-state index contributed by atoms with van der Waals surface area (Å²) in [6, 6.07) is 3.66. The average Bonchev–Trinajstić information content (AvgIpc) is 2.81. The highest BCUT2D eigenvalue weighted by Crippen LogP contribution is 2.27. The topological polar surface area (TPSA) is 62.5 Å². The second-order valence-corrected chi connectivity index (χ2v) is 5.28. The van der Waals surface area contributed by atoms with Crippen LogP contribution in [0.25, 0.3) is 6.08 Å². The van der Waals surface area contributed by atoms with Crippen LogP contribution < -0.4 is 5.32 Å². The zero-order chi connectivity index (χ0) is 13.7. The van der Waals surface area contributed by atoms with Gasteiger partial charge in [-0.15, -0.1) is 0 Å². The lowest BCUT2D eigenvalue weighted by atomic mass is 9.85. The quantitative estimate of drug-likeness (QED) is 0.820. The number of amides is 1. The monoisotopic (exact) mass is 263 g/mol. The summed E-state index contributed by atoms with van der Waals surface area (Å²) in [7, 11) is 0.